The Kier molecular flexibility index (Phi) is 3.82. The van der Waals surface area contributed by atoms with Crippen molar-refractivity contribution in [2.75, 3.05) is 0 Å². The van der Waals surface area contributed by atoms with Crippen LogP contribution in [0.15, 0.2) is 60.7 Å². The standard InChI is InChI=1S/C20H12I2/c21-16-8-9-17-15(11-16)12-19-13(5-3-6-18(17)19)10-14-4-1-2-7-20(14)22/h1-12H. The predicted molar refractivity (Wildman–Crippen MR) is 110 cm³/mol. The SMILES string of the molecule is Ic1ccc2c(c1)C=c1c-2cccc1=Cc1ccccc1I. The number of fused-ring (bicyclic) bond motifs is 3. The molecule has 106 valence electrons. The highest BCUT2D eigenvalue weighted by atomic mass is 127. The van der Waals surface area contributed by atoms with Crippen LogP contribution in [0.5, 0.6) is 0 Å². The lowest BCUT2D eigenvalue weighted by Gasteiger charge is -2.02. The molecule has 1 aliphatic carbocycles. The smallest absolute Gasteiger partial charge is 0.0202 e. The van der Waals surface area contributed by atoms with Gasteiger partial charge in [0.1, 0.15) is 0 Å². The molecule has 0 bridgehead atoms. The molecular formula is C20H12I2. The Labute approximate surface area is 156 Å². The van der Waals surface area contributed by atoms with Crippen LogP contribution in [0.1, 0.15) is 11.1 Å². The summed E-state index contributed by atoms with van der Waals surface area (Å²) in [6, 6.07) is 21.7. The van der Waals surface area contributed by atoms with Crippen LogP contribution >= 0.6 is 45.2 Å². The number of rotatable bonds is 1. The van der Waals surface area contributed by atoms with Crippen molar-refractivity contribution in [2.24, 2.45) is 0 Å². The molecule has 0 spiro atoms. The Morgan fingerprint density at radius 1 is 0.773 bits per heavy atom. The fourth-order valence-electron chi connectivity index (χ4n) is 2.92. The molecule has 22 heavy (non-hydrogen) atoms. The summed E-state index contributed by atoms with van der Waals surface area (Å²) in [5.41, 5.74) is 5.28. The first kappa shape index (κ1) is 14.5. The third-order valence-electron chi connectivity index (χ3n) is 3.96. The monoisotopic (exact) mass is 506 g/mol. The van der Waals surface area contributed by atoms with Crippen LogP contribution in [0.2, 0.25) is 0 Å². The highest BCUT2D eigenvalue weighted by molar-refractivity contribution is 14.1. The van der Waals surface area contributed by atoms with E-state index in [1.54, 1.807) is 0 Å². The fraction of sp³-hybridized carbons (Fsp3) is 0. The third kappa shape index (κ3) is 2.52. The van der Waals surface area contributed by atoms with E-state index >= 15 is 0 Å². The first-order chi connectivity index (χ1) is 10.7. The van der Waals surface area contributed by atoms with E-state index < -0.39 is 0 Å². The van der Waals surface area contributed by atoms with Gasteiger partial charge in [-0.2, -0.15) is 0 Å². The average molecular weight is 506 g/mol. The number of benzene rings is 3. The van der Waals surface area contributed by atoms with Crippen LogP contribution < -0.4 is 10.4 Å². The topological polar surface area (TPSA) is 0 Å². The number of hydrogen-bond donors (Lipinski definition) is 0. The van der Waals surface area contributed by atoms with Crippen LogP contribution in [0, 0.1) is 7.14 Å². The summed E-state index contributed by atoms with van der Waals surface area (Å²) in [6.07, 6.45) is 4.60. The molecule has 0 fully saturated rings. The van der Waals surface area contributed by atoms with Crippen LogP contribution in [-0.4, -0.2) is 0 Å². The zero-order chi connectivity index (χ0) is 15.1. The summed E-state index contributed by atoms with van der Waals surface area (Å²) in [4.78, 5) is 0. The van der Waals surface area contributed by atoms with E-state index in [1.165, 1.54) is 39.8 Å². The second kappa shape index (κ2) is 5.81. The van der Waals surface area contributed by atoms with Crippen LogP contribution in [0.3, 0.4) is 0 Å². The van der Waals surface area contributed by atoms with Gasteiger partial charge in [-0.1, -0.05) is 42.5 Å². The van der Waals surface area contributed by atoms with Crippen molar-refractivity contribution in [3.8, 4) is 11.1 Å². The molecule has 0 saturated carbocycles. The maximum Gasteiger partial charge on any atom is 0.0202 e. The van der Waals surface area contributed by atoms with Crippen molar-refractivity contribution in [2.45, 2.75) is 0 Å². The van der Waals surface area contributed by atoms with Gasteiger partial charge in [-0.05, 0) is 108 Å². The second-order valence-electron chi connectivity index (χ2n) is 5.35. The molecule has 0 aromatic heterocycles. The first-order valence-electron chi connectivity index (χ1n) is 7.09. The zero-order valence-electron chi connectivity index (χ0n) is 11.7. The molecule has 4 rings (SSSR count). The summed E-state index contributed by atoms with van der Waals surface area (Å²) in [6.45, 7) is 0. The molecule has 0 saturated heterocycles. The Morgan fingerprint density at radius 3 is 2.50 bits per heavy atom. The predicted octanol–water partition coefficient (Wildman–Crippen LogP) is 4.53. The molecule has 0 nitrogen and oxygen atoms in total. The van der Waals surface area contributed by atoms with Crippen molar-refractivity contribution in [1.82, 2.24) is 0 Å². The van der Waals surface area contributed by atoms with Gasteiger partial charge in [0.15, 0.2) is 0 Å². The molecule has 1 aliphatic rings. The van der Waals surface area contributed by atoms with E-state index in [9.17, 15) is 0 Å². The van der Waals surface area contributed by atoms with Gasteiger partial charge in [0.2, 0.25) is 0 Å². The number of hydrogen-bond acceptors (Lipinski definition) is 0. The quantitative estimate of drug-likeness (QED) is 0.333. The van der Waals surface area contributed by atoms with Crippen molar-refractivity contribution >= 4 is 57.3 Å². The molecule has 0 unspecified atom stereocenters. The largest absolute Gasteiger partial charge is 0.0616 e. The maximum absolute atomic E-state index is 2.40. The molecule has 0 atom stereocenters. The second-order valence-corrected chi connectivity index (χ2v) is 7.76. The fourth-order valence-corrected chi connectivity index (χ4v) is 3.98. The molecule has 0 amide bonds. The minimum Gasteiger partial charge on any atom is -0.0616 e. The minimum atomic E-state index is 1.27. The van der Waals surface area contributed by atoms with E-state index in [0.29, 0.717) is 0 Å². The molecule has 3 aromatic carbocycles. The van der Waals surface area contributed by atoms with E-state index in [-0.39, 0.29) is 0 Å². The van der Waals surface area contributed by atoms with Gasteiger partial charge in [0, 0.05) is 7.14 Å². The Morgan fingerprint density at radius 2 is 1.64 bits per heavy atom. The van der Waals surface area contributed by atoms with Crippen molar-refractivity contribution in [3.05, 3.63) is 89.4 Å². The van der Waals surface area contributed by atoms with E-state index in [2.05, 4.69) is 118 Å². The lowest BCUT2D eigenvalue weighted by Crippen LogP contribution is -2.24. The molecule has 0 aliphatic heterocycles. The first-order valence-corrected chi connectivity index (χ1v) is 9.25. The van der Waals surface area contributed by atoms with E-state index in [0.717, 1.165) is 0 Å². The van der Waals surface area contributed by atoms with Crippen LogP contribution in [0.4, 0.5) is 0 Å². The van der Waals surface area contributed by atoms with Crippen LogP contribution in [-0.2, 0) is 0 Å². The van der Waals surface area contributed by atoms with Gasteiger partial charge in [-0.15, -0.1) is 0 Å². The number of halogens is 2. The Hall–Kier alpha value is -1.14. The zero-order valence-corrected chi connectivity index (χ0v) is 16.0. The van der Waals surface area contributed by atoms with Gasteiger partial charge < -0.3 is 0 Å². The van der Waals surface area contributed by atoms with Gasteiger partial charge in [-0.25, -0.2) is 0 Å². The van der Waals surface area contributed by atoms with Crippen molar-refractivity contribution in [1.29, 1.82) is 0 Å². The molecular weight excluding hydrogens is 494 g/mol. The normalized spacial score (nSPS) is 12.7. The average Bonchev–Trinajstić information content (AvgIpc) is 2.88. The molecule has 0 heterocycles. The summed E-state index contributed by atoms with van der Waals surface area (Å²) < 4.78 is 2.56. The summed E-state index contributed by atoms with van der Waals surface area (Å²) in [7, 11) is 0. The van der Waals surface area contributed by atoms with Gasteiger partial charge in [0.05, 0.1) is 0 Å². The summed E-state index contributed by atoms with van der Waals surface area (Å²) >= 11 is 4.77. The van der Waals surface area contributed by atoms with Gasteiger partial charge in [-0.3, -0.25) is 0 Å². The highest BCUT2D eigenvalue weighted by Gasteiger charge is 2.12. The van der Waals surface area contributed by atoms with Crippen molar-refractivity contribution < 1.29 is 0 Å². The Bertz CT molecular complexity index is 1000. The van der Waals surface area contributed by atoms with E-state index in [1.807, 2.05) is 0 Å². The Balaban J connectivity index is 1.99. The lowest BCUT2D eigenvalue weighted by molar-refractivity contribution is 1.50. The molecule has 0 N–H and O–H groups in total. The van der Waals surface area contributed by atoms with Gasteiger partial charge >= 0.3 is 0 Å². The third-order valence-corrected chi connectivity index (χ3v) is 5.61. The molecule has 3 aromatic rings. The van der Waals surface area contributed by atoms with Gasteiger partial charge in [0.25, 0.3) is 0 Å². The van der Waals surface area contributed by atoms with Crippen LogP contribution in [0.25, 0.3) is 23.3 Å². The summed E-state index contributed by atoms with van der Waals surface area (Å²) in [5, 5.41) is 2.62. The summed E-state index contributed by atoms with van der Waals surface area (Å²) in [5.74, 6) is 0. The molecule has 2 heteroatoms. The minimum absolute atomic E-state index is 1.27. The highest BCUT2D eigenvalue weighted by Crippen LogP contribution is 2.27. The van der Waals surface area contributed by atoms with E-state index in [4.69, 9.17) is 0 Å². The van der Waals surface area contributed by atoms with Crippen molar-refractivity contribution in [3.63, 3.8) is 0 Å². The molecule has 0 radical (unpaired) electrons. The maximum atomic E-state index is 2.40. The lowest BCUT2D eigenvalue weighted by atomic mass is 10.0.